The molecule has 0 spiro atoms. The number of benzene rings is 2. The van der Waals surface area contributed by atoms with Crippen LogP contribution in [0, 0.1) is 0 Å². The van der Waals surface area contributed by atoms with Gasteiger partial charge in [-0.1, -0.05) is 36.4 Å². The fourth-order valence-corrected chi connectivity index (χ4v) is 3.63. The van der Waals surface area contributed by atoms with E-state index < -0.39 is 36.0 Å². The van der Waals surface area contributed by atoms with Crippen LogP contribution in [0.25, 0.3) is 6.08 Å². The van der Waals surface area contributed by atoms with Crippen molar-refractivity contribution in [3.63, 3.8) is 0 Å². The zero-order chi connectivity index (χ0) is 24.7. The molecular weight excluding hydrogens is 435 g/mol. The van der Waals surface area contributed by atoms with Crippen molar-refractivity contribution in [2.24, 2.45) is 0 Å². The minimum atomic E-state index is -1.32. The van der Waals surface area contributed by atoms with E-state index >= 15 is 0 Å². The number of esters is 2. The lowest BCUT2D eigenvalue weighted by molar-refractivity contribution is -0.222. The molecule has 2 aromatic carbocycles. The highest BCUT2D eigenvalue weighted by atomic mass is 16.7. The summed E-state index contributed by atoms with van der Waals surface area (Å²) in [6.07, 6.45) is 1.44. The van der Waals surface area contributed by atoms with Gasteiger partial charge < -0.3 is 23.5 Å². The summed E-state index contributed by atoms with van der Waals surface area (Å²) in [5.74, 6) is -2.26. The summed E-state index contributed by atoms with van der Waals surface area (Å²) < 4.78 is 28.9. The van der Waals surface area contributed by atoms with E-state index in [-0.39, 0.29) is 5.57 Å². The molecule has 0 aliphatic carbocycles. The van der Waals surface area contributed by atoms with Crippen molar-refractivity contribution in [3.8, 4) is 5.75 Å². The highest BCUT2D eigenvalue weighted by Gasteiger charge is 2.52. The van der Waals surface area contributed by atoms with E-state index in [2.05, 4.69) is 0 Å². The third-order valence-electron chi connectivity index (χ3n) is 6.23. The molecule has 2 aromatic rings. The quantitative estimate of drug-likeness (QED) is 0.288. The van der Waals surface area contributed by atoms with Gasteiger partial charge in [-0.3, -0.25) is 0 Å². The van der Waals surface area contributed by atoms with Gasteiger partial charge in [0, 0.05) is 13.8 Å². The van der Waals surface area contributed by atoms with Gasteiger partial charge in [-0.2, -0.15) is 0 Å². The first-order valence-electron chi connectivity index (χ1n) is 11.2. The third-order valence-corrected chi connectivity index (χ3v) is 6.23. The maximum absolute atomic E-state index is 12.6. The van der Waals surface area contributed by atoms with Crippen molar-refractivity contribution < 1.29 is 33.1 Å². The average Bonchev–Trinajstić information content (AvgIpc) is 2.96. The second kappa shape index (κ2) is 8.60. The van der Waals surface area contributed by atoms with Crippen LogP contribution in [0.2, 0.25) is 0 Å². The van der Waals surface area contributed by atoms with Gasteiger partial charge in [-0.15, -0.1) is 0 Å². The Labute approximate surface area is 200 Å². The molecule has 2 saturated heterocycles. The molecule has 2 fully saturated rings. The Morgan fingerprint density at radius 3 is 2.03 bits per heavy atom. The number of hydrogen-bond acceptors (Lipinski definition) is 7. The average molecular weight is 464 g/mol. The van der Waals surface area contributed by atoms with E-state index in [0.29, 0.717) is 23.4 Å². The molecule has 34 heavy (non-hydrogen) atoms. The lowest BCUT2D eigenvalue weighted by Crippen LogP contribution is -2.42. The number of rotatable bonds is 5. The van der Waals surface area contributed by atoms with Gasteiger partial charge in [0.1, 0.15) is 17.9 Å². The van der Waals surface area contributed by atoms with Crippen LogP contribution in [0.15, 0.2) is 54.1 Å². The second-order valence-corrected chi connectivity index (χ2v) is 9.89. The van der Waals surface area contributed by atoms with Crippen LogP contribution < -0.4 is 10.2 Å². The molecule has 4 rings (SSSR count). The summed E-state index contributed by atoms with van der Waals surface area (Å²) in [7, 11) is -0.702. The van der Waals surface area contributed by atoms with Crippen molar-refractivity contribution in [1.29, 1.82) is 0 Å². The maximum atomic E-state index is 12.6. The summed E-state index contributed by atoms with van der Waals surface area (Å²) >= 11 is 0. The highest BCUT2D eigenvalue weighted by Crippen LogP contribution is 2.37. The minimum absolute atomic E-state index is 0.211. The van der Waals surface area contributed by atoms with Crippen LogP contribution in [0.3, 0.4) is 0 Å². The number of cyclic esters (lactones) is 2. The predicted octanol–water partition coefficient (Wildman–Crippen LogP) is 3.78. The molecule has 0 radical (unpaired) electrons. The lowest BCUT2D eigenvalue weighted by atomic mass is 9.75. The zero-order valence-electron chi connectivity index (χ0n) is 20.3. The van der Waals surface area contributed by atoms with Gasteiger partial charge in [0.05, 0.1) is 11.2 Å². The summed E-state index contributed by atoms with van der Waals surface area (Å²) in [5, 5.41) is 0. The van der Waals surface area contributed by atoms with E-state index in [9.17, 15) is 9.59 Å². The van der Waals surface area contributed by atoms with E-state index in [1.807, 2.05) is 70.2 Å². The Hall–Kier alpha value is -3.10. The van der Waals surface area contributed by atoms with Gasteiger partial charge in [-0.05, 0) is 62.5 Å². The Balaban J connectivity index is 1.70. The first-order chi connectivity index (χ1) is 15.9. The first kappa shape index (κ1) is 24.0. The Bertz CT molecular complexity index is 1100. The van der Waals surface area contributed by atoms with Crippen LogP contribution in [0.4, 0.5) is 0 Å². The predicted molar refractivity (Wildman–Crippen MR) is 127 cm³/mol. The minimum Gasteiger partial charge on any atom is -0.489 e. The van der Waals surface area contributed by atoms with E-state index in [0.717, 1.165) is 5.56 Å². The summed E-state index contributed by atoms with van der Waals surface area (Å²) in [5.41, 5.74) is 0.877. The molecule has 178 valence electrons. The molecule has 8 heteroatoms. The molecule has 0 unspecified atom stereocenters. The van der Waals surface area contributed by atoms with E-state index in [4.69, 9.17) is 23.5 Å². The molecule has 2 heterocycles. The van der Waals surface area contributed by atoms with Gasteiger partial charge in [0.2, 0.25) is 0 Å². The molecule has 2 aliphatic heterocycles. The molecule has 0 atom stereocenters. The van der Waals surface area contributed by atoms with E-state index in [1.54, 1.807) is 6.07 Å². The van der Waals surface area contributed by atoms with Crippen molar-refractivity contribution in [1.82, 2.24) is 0 Å². The number of carbonyl (C=O) groups excluding carboxylic acids is 2. The van der Waals surface area contributed by atoms with Crippen molar-refractivity contribution in [2.75, 3.05) is 0 Å². The maximum Gasteiger partial charge on any atom is 0.495 e. The fourth-order valence-electron chi connectivity index (χ4n) is 3.63. The summed E-state index contributed by atoms with van der Waals surface area (Å²) in [4.78, 5) is 25.1. The van der Waals surface area contributed by atoms with Gasteiger partial charge in [0.25, 0.3) is 5.79 Å². The summed E-state index contributed by atoms with van der Waals surface area (Å²) in [6, 6.07) is 15.1. The van der Waals surface area contributed by atoms with Crippen LogP contribution in [0.5, 0.6) is 5.75 Å². The Morgan fingerprint density at radius 1 is 0.853 bits per heavy atom. The lowest BCUT2D eigenvalue weighted by Gasteiger charge is -2.32. The van der Waals surface area contributed by atoms with Gasteiger partial charge >= 0.3 is 19.1 Å². The monoisotopic (exact) mass is 464 g/mol. The molecule has 2 aliphatic rings. The SMILES string of the molecule is CC1(C)OC(=O)C(=Cc2cc(OCc3ccccc3)ccc2B2OC(C)(C)C(C)(C)O2)C(=O)O1. The molecule has 0 aromatic heterocycles. The topological polar surface area (TPSA) is 80.3 Å². The molecule has 7 nitrogen and oxygen atoms in total. The van der Waals surface area contributed by atoms with E-state index in [1.165, 1.54) is 19.9 Å². The molecule has 0 N–H and O–H groups in total. The van der Waals surface area contributed by atoms with Crippen molar-refractivity contribution in [3.05, 3.63) is 65.2 Å². The molecule has 0 amide bonds. The smallest absolute Gasteiger partial charge is 0.489 e. The zero-order valence-corrected chi connectivity index (χ0v) is 20.3. The number of ether oxygens (including phenoxy) is 3. The Morgan fingerprint density at radius 2 is 1.44 bits per heavy atom. The van der Waals surface area contributed by atoms with Crippen molar-refractivity contribution in [2.45, 2.75) is 65.1 Å². The van der Waals surface area contributed by atoms with Crippen molar-refractivity contribution >= 4 is 30.6 Å². The van der Waals surface area contributed by atoms with Crippen LogP contribution in [0.1, 0.15) is 52.7 Å². The molecule has 0 saturated carbocycles. The second-order valence-electron chi connectivity index (χ2n) is 9.89. The fraction of sp³-hybridized carbons (Fsp3) is 0.385. The third kappa shape index (κ3) is 4.88. The summed E-state index contributed by atoms with van der Waals surface area (Å²) in [6.45, 7) is 11.2. The highest BCUT2D eigenvalue weighted by molar-refractivity contribution is 6.63. The van der Waals surface area contributed by atoms with Crippen LogP contribution in [-0.2, 0) is 35.0 Å². The first-order valence-corrected chi connectivity index (χ1v) is 11.2. The standard InChI is InChI=1S/C26H29BO7/c1-24(2)25(3,4)34-27(33-24)21-13-12-19(30-16-17-10-8-7-9-11-17)14-18(21)15-20-22(28)31-26(5,6)32-23(20)29/h7-15H,16H2,1-6H3. The number of hydrogen-bond donors (Lipinski definition) is 0. The largest absolute Gasteiger partial charge is 0.495 e. The van der Waals surface area contributed by atoms with Gasteiger partial charge in [-0.25, -0.2) is 9.59 Å². The van der Waals surface area contributed by atoms with Crippen LogP contribution in [-0.4, -0.2) is 36.0 Å². The normalized spacial score (nSPS) is 20.5. The molecule has 0 bridgehead atoms. The Kier molecular flexibility index (Phi) is 6.08. The van der Waals surface area contributed by atoms with Crippen LogP contribution >= 0.6 is 0 Å². The number of carbonyl (C=O) groups is 2. The van der Waals surface area contributed by atoms with Gasteiger partial charge in [0.15, 0.2) is 0 Å². The molecular formula is C26H29BO7.